The largest absolute Gasteiger partial charge is 0.279 e. The Balaban J connectivity index is 3.00. The molecule has 82 valence electrons. The number of rotatable bonds is 1. The van der Waals surface area contributed by atoms with Crippen molar-refractivity contribution >= 4 is 36.0 Å². The molecule has 0 amide bonds. The number of aromatic nitrogens is 2. The highest BCUT2D eigenvalue weighted by molar-refractivity contribution is 8.13. The third kappa shape index (κ3) is 1.56. The second kappa shape index (κ2) is 3.20. The lowest BCUT2D eigenvalue weighted by molar-refractivity contribution is 0.604. The highest BCUT2D eigenvalue weighted by Gasteiger charge is 2.23. The Kier molecular flexibility index (Phi) is 2.33. The molecule has 0 aliphatic rings. The van der Waals surface area contributed by atoms with Gasteiger partial charge in [-0.05, 0) is 20.8 Å². The zero-order chi connectivity index (χ0) is 11.4. The van der Waals surface area contributed by atoms with E-state index in [1.807, 2.05) is 13.8 Å². The predicted octanol–water partition coefficient (Wildman–Crippen LogP) is 2.25. The molecule has 0 aliphatic heterocycles. The molecule has 0 bridgehead atoms. The van der Waals surface area contributed by atoms with E-state index in [0.29, 0.717) is 10.7 Å². The third-order valence-electron chi connectivity index (χ3n) is 2.29. The molecule has 2 aromatic heterocycles. The first-order chi connectivity index (χ1) is 6.82. The van der Waals surface area contributed by atoms with Crippen molar-refractivity contribution in [1.82, 2.24) is 9.38 Å². The lowest BCUT2D eigenvalue weighted by Gasteiger charge is -1.98. The van der Waals surface area contributed by atoms with Crippen molar-refractivity contribution in [3.05, 3.63) is 16.3 Å². The molecule has 2 rings (SSSR count). The number of thiazole rings is 1. The van der Waals surface area contributed by atoms with Crippen molar-refractivity contribution < 1.29 is 8.42 Å². The molecule has 7 heteroatoms. The number of hydrogen-bond acceptors (Lipinski definition) is 4. The van der Waals surface area contributed by atoms with Crippen LogP contribution in [0, 0.1) is 20.8 Å². The minimum absolute atomic E-state index is 0.0843. The van der Waals surface area contributed by atoms with Crippen LogP contribution >= 0.6 is 22.0 Å². The smallest absolute Gasteiger partial charge is 0.277 e. The summed E-state index contributed by atoms with van der Waals surface area (Å²) in [7, 11) is 1.63. The monoisotopic (exact) mass is 264 g/mol. The van der Waals surface area contributed by atoms with E-state index < -0.39 is 9.05 Å². The number of aryl methyl sites for hydroxylation is 3. The summed E-state index contributed by atoms with van der Waals surface area (Å²) >= 11 is 1.46. The van der Waals surface area contributed by atoms with Crippen LogP contribution in [0.1, 0.15) is 16.3 Å². The van der Waals surface area contributed by atoms with Crippen molar-refractivity contribution in [2.24, 2.45) is 0 Å². The van der Waals surface area contributed by atoms with E-state index in [1.54, 1.807) is 11.3 Å². The number of hydrogen-bond donors (Lipinski definition) is 0. The molecular formula is C8H9ClN2O2S2. The van der Waals surface area contributed by atoms with Crippen molar-refractivity contribution in [2.45, 2.75) is 25.8 Å². The molecular weight excluding hydrogens is 256 g/mol. The molecule has 0 aromatic carbocycles. The van der Waals surface area contributed by atoms with Gasteiger partial charge >= 0.3 is 0 Å². The van der Waals surface area contributed by atoms with Gasteiger partial charge in [-0.25, -0.2) is 13.4 Å². The molecule has 0 spiro atoms. The van der Waals surface area contributed by atoms with Crippen LogP contribution in [0.4, 0.5) is 0 Å². The van der Waals surface area contributed by atoms with E-state index in [4.69, 9.17) is 10.7 Å². The van der Waals surface area contributed by atoms with Gasteiger partial charge < -0.3 is 0 Å². The molecule has 0 saturated heterocycles. The molecule has 15 heavy (non-hydrogen) atoms. The molecule has 2 heterocycles. The minimum atomic E-state index is -3.75. The quantitative estimate of drug-likeness (QED) is 0.743. The lowest BCUT2D eigenvalue weighted by Crippen LogP contribution is -2.00. The van der Waals surface area contributed by atoms with Crippen LogP contribution in [0.2, 0.25) is 0 Å². The van der Waals surface area contributed by atoms with Gasteiger partial charge in [-0.15, -0.1) is 11.3 Å². The van der Waals surface area contributed by atoms with Gasteiger partial charge in [-0.2, -0.15) is 0 Å². The van der Waals surface area contributed by atoms with Crippen molar-refractivity contribution in [3.63, 3.8) is 0 Å². The molecule has 0 unspecified atom stereocenters. The summed E-state index contributed by atoms with van der Waals surface area (Å²) in [6.45, 7) is 5.42. The zero-order valence-electron chi connectivity index (χ0n) is 8.41. The van der Waals surface area contributed by atoms with Gasteiger partial charge in [0.05, 0.1) is 5.69 Å². The van der Waals surface area contributed by atoms with Gasteiger partial charge in [-0.1, -0.05) is 0 Å². The van der Waals surface area contributed by atoms with Gasteiger partial charge in [0.15, 0.2) is 9.99 Å². The summed E-state index contributed by atoms with van der Waals surface area (Å²) < 4.78 is 24.4. The van der Waals surface area contributed by atoms with Gasteiger partial charge in [0.1, 0.15) is 0 Å². The van der Waals surface area contributed by atoms with Crippen molar-refractivity contribution in [1.29, 1.82) is 0 Å². The average molecular weight is 265 g/mol. The first-order valence-corrected chi connectivity index (χ1v) is 7.34. The Labute approximate surface area is 95.9 Å². The number of nitrogens with zero attached hydrogens (tertiary/aromatic N) is 2. The lowest BCUT2D eigenvalue weighted by atomic mass is 10.4. The molecule has 0 saturated carbocycles. The van der Waals surface area contributed by atoms with Crippen LogP contribution in [0.3, 0.4) is 0 Å². The summed E-state index contributed by atoms with van der Waals surface area (Å²) in [5.41, 5.74) is 1.31. The first kappa shape index (κ1) is 10.9. The molecule has 0 radical (unpaired) electrons. The summed E-state index contributed by atoms with van der Waals surface area (Å²) in [4.78, 5) is 5.89. The number of halogens is 1. The zero-order valence-corrected chi connectivity index (χ0v) is 10.8. The van der Waals surface area contributed by atoms with Crippen LogP contribution in [-0.4, -0.2) is 17.8 Å². The second-order valence-corrected chi connectivity index (χ2v) is 6.96. The molecule has 0 atom stereocenters. The van der Waals surface area contributed by atoms with Crippen LogP contribution in [0.25, 0.3) is 4.96 Å². The van der Waals surface area contributed by atoms with Crippen LogP contribution in [0.5, 0.6) is 0 Å². The van der Waals surface area contributed by atoms with Crippen LogP contribution in [0.15, 0.2) is 5.03 Å². The van der Waals surface area contributed by atoms with E-state index in [1.165, 1.54) is 11.3 Å². The molecule has 0 N–H and O–H groups in total. The Morgan fingerprint density at radius 3 is 2.47 bits per heavy atom. The summed E-state index contributed by atoms with van der Waals surface area (Å²) in [5, 5.41) is 0.0843. The van der Waals surface area contributed by atoms with Gasteiger partial charge in [-0.3, -0.25) is 4.40 Å². The maximum absolute atomic E-state index is 11.4. The first-order valence-electron chi connectivity index (χ1n) is 4.22. The Morgan fingerprint density at radius 2 is 1.93 bits per heavy atom. The fourth-order valence-corrected chi connectivity index (χ4v) is 3.96. The summed E-state index contributed by atoms with van der Waals surface area (Å²) in [6.07, 6.45) is 0. The van der Waals surface area contributed by atoms with Crippen LogP contribution in [-0.2, 0) is 9.05 Å². The third-order valence-corrected chi connectivity index (χ3v) is 4.72. The fraction of sp³-hybridized carbons (Fsp3) is 0.375. The highest BCUT2D eigenvalue weighted by Crippen LogP contribution is 2.29. The summed E-state index contributed by atoms with van der Waals surface area (Å²) in [5.74, 6) is 0. The van der Waals surface area contributed by atoms with E-state index in [-0.39, 0.29) is 5.03 Å². The Bertz CT molecular complexity index is 639. The van der Waals surface area contributed by atoms with Crippen molar-refractivity contribution in [2.75, 3.05) is 0 Å². The van der Waals surface area contributed by atoms with Gasteiger partial charge in [0.25, 0.3) is 9.05 Å². The molecule has 2 aromatic rings. The van der Waals surface area contributed by atoms with Gasteiger partial charge in [0.2, 0.25) is 0 Å². The van der Waals surface area contributed by atoms with E-state index in [2.05, 4.69) is 4.98 Å². The van der Waals surface area contributed by atoms with Gasteiger partial charge in [0, 0.05) is 21.3 Å². The van der Waals surface area contributed by atoms with E-state index >= 15 is 0 Å². The minimum Gasteiger partial charge on any atom is -0.277 e. The second-order valence-electron chi connectivity index (χ2n) is 3.30. The normalized spacial score (nSPS) is 12.5. The fourth-order valence-electron chi connectivity index (χ4n) is 1.51. The molecule has 0 aliphatic carbocycles. The number of imidazole rings is 1. The Hall–Kier alpha value is -0.590. The predicted molar refractivity (Wildman–Crippen MR) is 60.3 cm³/mol. The van der Waals surface area contributed by atoms with Crippen LogP contribution < -0.4 is 0 Å². The summed E-state index contributed by atoms with van der Waals surface area (Å²) in [6, 6.07) is 0. The highest BCUT2D eigenvalue weighted by atomic mass is 35.7. The molecule has 0 fully saturated rings. The SMILES string of the molecule is Cc1nc2sc(C)c(C)n2c1S(=O)(=O)Cl. The maximum Gasteiger partial charge on any atom is 0.279 e. The topological polar surface area (TPSA) is 51.4 Å². The Morgan fingerprint density at radius 1 is 1.33 bits per heavy atom. The van der Waals surface area contributed by atoms with E-state index in [0.717, 1.165) is 10.6 Å². The average Bonchev–Trinajstić information content (AvgIpc) is 2.49. The standard InChI is InChI=1S/C8H9ClN2O2S2/c1-4-7(15(9,12)13)11-5(2)6(3)14-8(11)10-4/h1-3H3. The van der Waals surface area contributed by atoms with E-state index in [9.17, 15) is 8.42 Å². The number of fused-ring (bicyclic) bond motifs is 1. The van der Waals surface area contributed by atoms with Crippen molar-refractivity contribution in [3.8, 4) is 0 Å². The maximum atomic E-state index is 11.4. The molecule has 4 nitrogen and oxygen atoms in total.